The van der Waals surface area contributed by atoms with Gasteiger partial charge in [0.1, 0.15) is 17.7 Å². The zero-order valence-corrected chi connectivity index (χ0v) is 16.0. The maximum absolute atomic E-state index is 14.9. The molecule has 1 fully saturated rings. The summed E-state index contributed by atoms with van der Waals surface area (Å²) in [6, 6.07) is 12.5. The Morgan fingerprint density at radius 1 is 1.18 bits per heavy atom. The second-order valence-corrected chi connectivity index (χ2v) is 7.18. The van der Waals surface area contributed by atoms with E-state index in [9.17, 15) is 9.18 Å². The highest BCUT2D eigenvalue weighted by atomic mass is 19.1. The number of aromatic nitrogens is 2. The van der Waals surface area contributed by atoms with Gasteiger partial charge in [0.2, 0.25) is 0 Å². The number of rotatable bonds is 3. The highest BCUT2D eigenvalue weighted by molar-refractivity contribution is 5.95. The fourth-order valence-corrected chi connectivity index (χ4v) is 3.65. The first-order valence-corrected chi connectivity index (χ1v) is 9.40. The van der Waals surface area contributed by atoms with Gasteiger partial charge in [0.25, 0.3) is 5.91 Å². The molecule has 0 saturated carbocycles. The second-order valence-electron chi connectivity index (χ2n) is 7.18. The van der Waals surface area contributed by atoms with Crippen LogP contribution in [0.2, 0.25) is 0 Å². The van der Waals surface area contributed by atoms with Crippen molar-refractivity contribution in [2.75, 3.05) is 19.6 Å². The van der Waals surface area contributed by atoms with Crippen molar-refractivity contribution in [3.63, 3.8) is 0 Å². The monoisotopic (exact) mass is 378 g/mol. The van der Waals surface area contributed by atoms with Crippen molar-refractivity contribution in [2.24, 2.45) is 7.05 Å². The molecule has 2 aromatic carbocycles. The summed E-state index contributed by atoms with van der Waals surface area (Å²) in [6.07, 6.45) is 3.56. The average molecular weight is 378 g/mol. The highest BCUT2D eigenvalue weighted by Crippen LogP contribution is 2.26. The fourth-order valence-electron chi connectivity index (χ4n) is 3.65. The third kappa shape index (κ3) is 3.43. The van der Waals surface area contributed by atoms with Crippen LogP contribution in [0, 0.1) is 12.7 Å². The molecular formula is C22H23FN4O. The number of imidazole rings is 1. The number of nitrogens with zero attached hydrogens (tertiary/aromatic N) is 3. The lowest BCUT2D eigenvalue weighted by atomic mass is 10.0. The van der Waals surface area contributed by atoms with Crippen molar-refractivity contribution in [2.45, 2.75) is 13.0 Å². The van der Waals surface area contributed by atoms with E-state index in [0.29, 0.717) is 19.6 Å². The van der Waals surface area contributed by atoms with Gasteiger partial charge < -0.3 is 14.8 Å². The Labute approximate surface area is 163 Å². The Balaban J connectivity index is 1.63. The van der Waals surface area contributed by atoms with Gasteiger partial charge in [-0.25, -0.2) is 9.37 Å². The number of halogens is 1. The molecule has 0 spiro atoms. The SMILES string of the molecule is Cc1ccc(-c2ccc(C(=O)N3CCNCC3c3nccn3C)c(F)c2)cc1. The molecule has 5 nitrogen and oxygen atoms in total. The molecule has 6 heteroatoms. The number of benzene rings is 2. The predicted octanol–water partition coefficient (Wildman–Crippen LogP) is 3.32. The van der Waals surface area contributed by atoms with Crippen LogP contribution in [0.1, 0.15) is 27.8 Å². The minimum absolute atomic E-state index is 0.0944. The number of carbonyl (C=O) groups is 1. The molecule has 4 rings (SSSR count). The lowest BCUT2D eigenvalue weighted by molar-refractivity contribution is 0.0616. The molecule has 3 aromatic rings. The van der Waals surface area contributed by atoms with E-state index in [2.05, 4.69) is 10.3 Å². The Bertz CT molecular complexity index is 996. The number of aryl methyl sites for hydroxylation is 2. The minimum Gasteiger partial charge on any atom is -0.336 e. The molecule has 1 aromatic heterocycles. The van der Waals surface area contributed by atoms with Crippen molar-refractivity contribution in [3.05, 3.63) is 77.6 Å². The lowest BCUT2D eigenvalue weighted by Gasteiger charge is -2.35. The molecule has 144 valence electrons. The number of piperazine rings is 1. The summed E-state index contributed by atoms with van der Waals surface area (Å²) in [5, 5.41) is 3.30. The van der Waals surface area contributed by atoms with Gasteiger partial charge in [-0.1, -0.05) is 35.9 Å². The summed E-state index contributed by atoms with van der Waals surface area (Å²) in [7, 11) is 1.90. The maximum Gasteiger partial charge on any atom is 0.257 e. The lowest BCUT2D eigenvalue weighted by Crippen LogP contribution is -2.49. The first-order valence-electron chi connectivity index (χ1n) is 9.40. The minimum atomic E-state index is -0.500. The predicted molar refractivity (Wildman–Crippen MR) is 106 cm³/mol. The van der Waals surface area contributed by atoms with Gasteiger partial charge in [-0.2, -0.15) is 0 Å². The number of hydrogen-bond acceptors (Lipinski definition) is 3. The molecule has 0 aliphatic carbocycles. The summed E-state index contributed by atoms with van der Waals surface area (Å²) in [6.45, 7) is 3.79. The van der Waals surface area contributed by atoms with Gasteiger partial charge in [0, 0.05) is 39.1 Å². The van der Waals surface area contributed by atoms with Gasteiger partial charge in [-0.15, -0.1) is 0 Å². The Kier molecular flexibility index (Phi) is 4.96. The van der Waals surface area contributed by atoms with Gasteiger partial charge in [-0.3, -0.25) is 4.79 Å². The van der Waals surface area contributed by atoms with Crippen LogP contribution < -0.4 is 5.32 Å². The molecule has 1 aliphatic rings. The molecule has 2 heterocycles. The zero-order chi connectivity index (χ0) is 19.7. The van der Waals surface area contributed by atoms with E-state index in [1.165, 1.54) is 6.07 Å². The van der Waals surface area contributed by atoms with E-state index >= 15 is 0 Å². The fraction of sp³-hybridized carbons (Fsp3) is 0.273. The third-order valence-electron chi connectivity index (χ3n) is 5.25. The Morgan fingerprint density at radius 2 is 1.93 bits per heavy atom. The van der Waals surface area contributed by atoms with Crippen molar-refractivity contribution in [1.82, 2.24) is 19.8 Å². The maximum atomic E-state index is 14.9. The smallest absolute Gasteiger partial charge is 0.257 e. The standard InChI is InChI=1S/C22H23FN4O/c1-15-3-5-16(6-4-15)17-7-8-18(19(23)13-17)22(28)27-12-9-24-14-20(27)21-25-10-11-26(21)2/h3-8,10-11,13,20,24H,9,12,14H2,1-2H3. The largest absolute Gasteiger partial charge is 0.336 e. The van der Waals surface area contributed by atoms with Gasteiger partial charge in [0.15, 0.2) is 0 Å². The molecule has 1 aliphatic heterocycles. The van der Waals surface area contributed by atoms with Crippen molar-refractivity contribution < 1.29 is 9.18 Å². The molecule has 0 bridgehead atoms. The molecule has 1 saturated heterocycles. The summed E-state index contributed by atoms with van der Waals surface area (Å²) in [5.41, 5.74) is 2.93. The first kappa shape index (κ1) is 18.4. The summed E-state index contributed by atoms with van der Waals surface area (Å²) in [5.74, 6) is -0.0140. The van der Waals surface area contributed by atoms with Crippen LogP contribution in [0.25, 0.3) is 11.1 Å². The summed E-state index contributed by atoms with van der Waals surface area (Å²) in [4.78, 5) is 19.2. The molecule has 1 atom stereocenters. The van der Waals surface area contributed by atoms with Crippen LogP contribution in [0.4, 0.5) is 4.39 Å². The van der Waals surface area contributed by atoms with Gasteiger partial charge in [0.05, 0.1) is 5.56 Å². The van der Waals surface area contributed by atoms with Crippen LogP contribution >= 0.6 is 0 Å². The van der Waals surface area contributed by atoms with E-state index in [0.717, 1.165) is 22.5 Å². The number of hydrogen-bond donors (Lipinski definition) is 1. The van der Waals surface area contributed by atoms with Crippen LogP contribution in [0.3, 0.4) is 0 Å². The topological polar surface area (TPSA) is 50.2 Å². The Morgan fingerprint density at radius 3 is 2.61 bits per heavy atom. The van der Waals surface area contributed by atoms with Crippen molar-refractivity contribution in [1.29, 1.82) is 0 Å². The third-order valence-corrected chi connectivity index (χ3v) is 5.25. The quantitative estimate of drug-likeness (QED) is 0.761. The number of nitrogens with one attached hydrogen (secondary N) is 1. The molecule has 1 N–H and O–H groups in total. The first-order chi connectivity index (χ1) is 13.5. The number of carbonyl (C=O) groups excluding carboxylic acids is 1. The van der Waals surface area contributed by atoms with E-state index in [-0.39, 0.29) is 17.5 Å². The molecular weight excluding hydrogens is 355 g/mol. The van der Waals surface area contributed by atoms with Crippen LogP contribution in [0.15, 0.2) is 54.9 Å². The molecule has 1 amide bonds. The zero-order valence-electron chi connectivity index (χ0n) is 16.0. The number of amides is 1. The Hall–Kier alpha value is -2.99. The summed E-state index contributed by atoms with van der Waals surface area (Å²) >= 11 is 0. The van der Waals surface area contributed by atoms with Crippen molar-refractivity contribution in [3.8, 4) is 11.1 Å². The van der Waals surface area contributed by atoms with Gasteiger partial charge in [-0.05, 0) is 30.2 Å². The second kappa shape index (κ2) is 7.56. The van der Waals surface area contributed by atoms with Crippen LogP contribution in [0.5, 0.6) is 0 Å². The molecule has 1 unspecified atom stereocenters. The van der Waals surface area contributed by atoms with E-state index in [1.54, 1.807) is 23.2 Å². The highest BCUT2D eigenvalue weighted by Gasteiger charge is 2.32. The van der Waals surface area contributed by atoms with E-state index < -0.39 is 5.82 Å². The van der Waals surface area contributed by atoms with E-state index in [1.807, 2.05) is 49.0 Å². The molecule has 0 radical (unpaired) electrons. The van der Waals surface area contributed by atoms with Crippen molar-refractivity contribution >= 4 is 5.91 Å². The summed E-state index contributed by atoms with van der Waals surface area (Å²) < 4.78 is 16.8. The average Bonchev–Trinajstić information content (AvgIpc) is 3.14. The normalized spacial score (nSPS) is 17.0. The molecule has 28 heavy (non-hydrogen) atoms. The van der Waals surface area contributed by atoms with Crippen LogP contribution in [-0.4, -0.2) is 40.0 Å². The van der Waals surface area contributed by atoms with Crippen LogP contribution in [-0.2, 0) is 7.05 Å². The van der Waals surface area contributed by atoms with Gasteiger partial charge >= 0.3 is 0 Å². The van der Waals surface area contributed by atoms with E-state index in [4.69, 9.17) is 0 Å².